The molecule has 1 fully saturated rings. The topological polar surface area (TPSA) is 111 Å². The Labute approximate surface area is 186 Å². The molecule has 0 bridgehead atoms. The van der Waals surface area contributed by atoms with E-state index in [1.165, 1.54) is 18.2 Å². The normalized spacial score (nSPS) is 17.8. The van der Waals surface area contributed by atoms with Crippen molar-refractivity contribution in [3.05, 3.63) is 40.7 Å². The van der Waals surface area contributed by atoms with Crippen molar-refractivity contribution < 1.29 is 18.8 Å². The summed E-state index contributed by atoms with van der Waals surface area (Å²) in [4.78, 5) is 36.8. The van der Waals surface area contributed by atoms with E-state index in [0.717, 1.165) is 12.1 Å². The molecule has 3 N–H and O–H groups in total. The van der Waals surface area contributed by atoms with Gasteiger partial charge in [-0.05, 0) is 43.4 Å². The lowest BCUT2D eigenvalue weighted by molar-refractivity contribution is -0.128. The van der Waals surface area contributed by atoms with Crippen molar-refractivity contribution in [3.63, 3.8) is 0 Å². The molecule has 0 aromatic heterocycles. The molecule has 0 aliphatic carbocycles. The molecule has 1 aromatic carbocycles. The van der Waals surface area contributed by atoms with Crippen LogP contribution in [0.2, 0.25) is 5.02 Å². The molecule has 1 saturated heterocycles. The third-order valence-corrected chi connectivity index (χ3v) is 5.11. The average molecular weight is 449 g/mol. The summed E-state index contributed by atoms with van der Waals surface area (Å²) in [6.07, 6.45) is 3.61. The molecule has 1 aliphatic heterocycles. The van der Waals surface area contributed by atoms with Crippen LogP contribution in [0.25, 0.3) is 6.08 Å². The minimum absolute atomic E-state index is 0.0925. The highest BCUT2D eigenvalue weighted by Crippen LogP contribution is 2.17. The van der Waals surface area contributed by atoms with Crippen LogP contribution < -0.4 is 16.0 Å². The van der Waals surface area contributed by atoms with Gasteiger partial charge in [-0.3, -0.25) is 14.4 Å². The molecule has 1 aromatic rings. The molecule has 0 saturated carbocycles. The van der Waals surface area contributed by atoms with Crippen molar-refractivity contribution in [2.45, 2.75) is 45.2 Å². The van der Waals surface area contributed by atoms with E-state index in [1.807, 2.05) is 19.9 Å². The number of carbonyl (C=O) groups excluding carboxylic acids is 3. The van der Waals surface area contributed by atoms with Crippen molar-refractivity contribution in [2.24, 2.45) is 11.8 Å². The Morgan fingerprint density at radius 3 is 2.71 bits per heavy atom. The highest BCUT2D eigenvalue weighted by molar-refractivity contribution is 6.30. The number of halogens is 2. The Kier molecular flexibility index (Phi) is 9.01. The maximum Gasteiger partial charge on any atom is 0.244 e. The van der Waals surface area contributed by atoms with Gasteiger partial charge in [0.1, 0.15) is 17.9 Å². The number of rotatable bonds is 9. The first-order valence-corrected chi connectivity index (χ1v) is 10.5. The van der Waals surface area contributed by atoms with Crippen molar-refractivity contribution in [2.75, 3.05) is 6.54 Å². The average Bonchev–Trinajstić information content (AvgIpc) is 3.10. The van der Waals surface area contributed by atoms with Crippen LogP contribution in [0.4, 0.5) is 4.39 Å². The summed E-state index contributed by atoms with van der Waals surface area (Å²) in [5.74, 6) is -1.99. The van der Waals surface area contributed by atoms with Crippen LogP contribution in [-0.2, 0) is 14.4 Å². The lowest BCUT2D eigenvalue weighted by atomic mass is 9.98. The maximum absolute atomic E-state index is 13.9. The Bertz CT molecular complexity index is 897. The first-order valence-electron chi connectivity index (χ1n) is 10.1. The maximum atomic E-state index is 13.9. The molecule has 0 spiro atoms. The highest BCUT2D eigenvalue weighted by Gasteiger charge is 2.29. The molecule has 31 heavy (non-hydrogen) atoms. The van der Waals surface area contributed by atoms with Gasteiger partial charge < -0.3 is 16.0 Å². The molecule has 2 rings (SSSR count). The molecule has 3 atom stereocenters. The zero-order chi connectivity index (χ0) is 23.0. The summed E-state index contributed by atoms with van der Waals surface area (Å²) in [6, 6.07) is 4.38. The van der Waals surface area contributed by atoms with Gasteiger partial charge in [0.15, 0.2) is 0 Å². The molecule has 9 heteroatoms. The van der Waals surface area contributed by atoms with Gasteiger partial charge in [-0.2, -0.15) is 5.26 Å². The Hall–Kier alpha value is -2.92. The van der Waals surface area contributed by atoms with Gasteiger partial charge in [-0.1, -0.05) is 31.5 Å². The molecule has 166 valence electrons. The number of hydrogen-bond donors (Lipinski definition) is 3. The third-order valence-electron chi connectivity index (χ3n) is 4.87. The fraction of sp³-hybridized carbons (Fsp3) is 0.455. The predicted molar refractivity (Wildman–Crippen MR) is 115 cm³/mol. The quantitative estimate of drug-likeness (QED) is 0.504. The van der Waals surface area contributed by atoms with E-state index in [1.54, 1.807) is 0 Å². The number of nitriles is 1. The summed E-state index contributed by atoms with van der Waals surface area (Å²) in [6.45, 7) is 4.36. The second kappa shape index (κ2) is 11.5. The monoisotopic (exact) mass is 448 g/mol. The predicted octanol–water partition coefficient (Wildman–Crippen LogP) is 2.56. The summed E-state index contributed by atoms with van der Waals surface area (Å²) < 4.78 is 13.9. The number of nitrogens with one attached hydrogen (secondary N) is 3. The second-order valence-corrected chi connectivity index (χ2v) is 8.33. The summed E-state index contributed by atoms with van der Waals surface area (Å²) >= 11 is 5.71. The minimum atomic E-state index is -0.875. The number of amides is 3. The van der Waals surface area contributed by atoms with E-state index < -0.39 is 29.7 Å². The lowest BCUT2D eigenvalue weighted by Crippen LogP contribution is -2.50. The fourth-order valence-electron chi connectivity index (χ4n) is 3.30. The lowest BCUT2D eigenvalue weighted by Gasteiger charge is -2.22. The van der Waals surface area contributed by atoms with Crippen molar-refractivity contribution in [1.82, 2.24) is 16.0 Å². The molecule has 1 heterocycles. The molecule has 3 amide bonds. The fourth-order valence-corrected chi connectivity index (χ4v) is 3.45. The number of carbonyl (C=O) groups is 3. The first kappa shape index (κ1) is 24.4. The van der Waals surface area contributed by atoms with Crippen LogP contribution in [0, 0.1) is 29.0 Å². The standard InChI is InChI=1S/C22H26ClFN4O3/c1-13(2)9-19(22(31)27-17(12-25)10-15-7-8-26-21(15)30)28-20(29)6-4-14-3-5-16(23)11-18(14)24/h3-6,11,13,15,17,19H,7-10H2,1-2H3,(H,26,30)(H,27,31)(H,28,29)/b6-4+. The van der Waals surface area contributed by atoms with E-state index in [0.29, 0.717) is 19.4 Å². The Morgan fingerprint density at radius 2 is 2.13 bits per heavy atom. The summed E-state index contributed by atoms with van der Waals surface area (Å²) in [5.41, 5.74) is 0.184. The minimum Gasteiger partial charge on any atom is -0.356 e. The SMILES string of the molecule is CC(C)CC(NC(=O)/C=C/c1ccc(Cl)cc1F)C(=O)NC(C#N)CC1CCNC1=O. The van der Waals surface area contributed by atoms with Crippen molar-refractivity contribution in [3.8, 4) is 6.07 Å². The van der Waals surface area contributed by atoms with E-state index in [9.17, 15) is 24.0 Å². The molecular weight excluding hydrogens is 423 g/mol. The Balaban J connectivity index is 2.01. The van der Waals surface area contributed by atoms with Gasteiger partial charge in [0.2, 0.25) is 17.7 Å². The first-order chi connectivity index (χ1) is 14.7. The molecular formula is C22H26ClFN4O3. The second-order valence-electron chi connectivity index (χ2n) is 7.89. The van der Waals surface area contributed by atoms with Crippen LogP contribution in [-0.4, -0.2) is 36.3 Å². The van der Waals surface area contributed by atoms with Crippen molar-refractivity contribution in [1.29, 1.82) is 5.26 Å². The van der Waals surface area contributed by atoms with Gasteiger partial charge >= 0.3 is 0 Å². The number of nitrogens with zero attached hydrogens (tertiary/aromatic N) is 1. The van der Waals surface area contributed by atoms with Crippen molar-refractivity contribution >= 4 is 35.4 Å². The van der Waals surface area contributed by atoms with Crippen LogP contribution in [0.5, 0.6) is 0 Å². The van der Waals surface area contributed by atoms with Gasteiger partial charge in [-0.25, -0.2) is 4.39 Å². The van der Waals surface area contributed by atoms with E-state index >= 15 is 0 Å². The van der Waals surface area contributed by atoms with Crippen LogP contribution in [0.1, 0.15) is 38.7 Å². The van der Waals surface area contributed by atoms with E-state index in [2.05, 4.69) is 16.0 Å². The van der Waals surface area contributed by atoms with E-state index in [4.69, 9.17) is 11.6 Å². The molecule has 0 radical (unpaired) electrons. The van der Waals surface area contributed by atoms with Gasteiger partial charge in [0.25, 0.3) is 0 Å². The van der Waals surface area contributed by atoms with E-state index in [-0.39, 0.29) is 34.7 Å². The third kappa shape index (κ3) is 7.68. The molecule has 7 nitrogen and oxygen atoms in total. The van der Waals surface area contributed by atoms with Gasteiger partial charge in [-0.15, -0.1) is 0 Å². The van der Waals surface area contributed by atoms with Gasteiger partial charge in [0, 0.05) is 29.1 Å². The molecule has 1 aliphatic rings. The van der Waals surface area contributed by atoms with Crippen LogP contribution in [0.3, 0.4) is 0 Å². The highest BCUT2D eigenvalue weighted by atomic mass is 35.5. The smallest absolute Gasteiger partial charge is 0.244 e. The number of hydrogen-bond acceptors (Lipinski definition) is 4. The summed E-state index contributed by atoms with van der Waals surface area (Å²) in [5, 5.41) is 17.6. The largest absolute Gasteiger partial charge is 0.356 e. The zero-order valence-corrected chi connectivity index (χ0v) is 18.2. The number of benzene rings is 1. The zero-order valence-electron chi connectivity index (χ0n) is 17.5. The van der Waals surface area contributed by atoms with Gasteiger partial charge in [0.05, 0.1) is 6.07 Å². The van der Waals surface area contributed by atoms with Crippen LogP contribution in [0.15, 0.2) is 24.3 Å². The molecule has 3 unspecified atom stereocenters. The summed E-state index contributed by atoms with van der Waals surface area (Å²) in [7, 11) is 0. The van der Waals surface area contributed by atoms with Crippen LogP contribution >= 0.6 is 11.6 Å². The Morgan fingerprint density at radius 1 is 1.39 bits per heavy atom.